The minimum Gasteiger partial charge on any atom is -0.493 e. The van der Waals surface area contributed by atoms with Gasteiger partial charge in [-0.1, -0.05) is 184 Å². The van der Waals surface area contributed by atoms with Crippen LogP contribution in [0.5, 0.6) is 11.5 Å². The van der Waals surface area contributed by atoms with Crippen LogP contribution in [0.3, 0.4) is 0 Å². The van der Waals surface area contributed by atoms with Crippen LogP contribution in [0, 0.1) is 22.5 Å². The normalized spacial score (nSPS) is 17.9. The number of hydrogen-bond donors (Lipinski definition) is 0. The van der Waals surface area contributed by atoms with Crippen LogP contribution in [0.2, 0.25) is 0 Å². The molecule has 2 fully saturated rings. The average Bonchev–Trinajstić information content (AvgIpc) is 1.50. The molecule has 0 saturated carbocycles. The Morgan fingerprint density at radius 3 is 1.23 bits per heavy atom. The summed E-state index contributed by atoms with van der Waals surface area (Å²) in [5, 5.41) is 0. The molecular weight excluding hydrogens is 1170 g/mol. The van der Waals surface area contributed by atoms with Crippen molar-refractivity contribution in [3.05, 3.63) is 353 Å². The second kappa shape index (κ2) is 25.2. The Morgan fingerprint density at radius 1 is 0.411 bits per heavy atom. The molecule has 11 aromatic rings. The molecule has 11 aromatic carbocycles. The van der Waals surface area contributed by atoms with Gasteiger partial charge in [0.15, 0.2) is 0 Å². The molecule has 2 atom stereocenters. The molecule has 0 spiro atoms. The van der Waals surface area contributed by atoms with Gasteiger partial charge in [-0.2, -0.15) is 0 Å². The second-order valence-electron chi connectivity index (χ2n) is 25.9. The predicted octanol–water partition coefficient (Wildman–Crippen LogP) is 21.4. The zero-order valence-corrected chi connectivity index (χ0v) is 53.8. The summed E-state index contributed by atoms with van der Waals surface area (Å²) in [6, 6.07) is 91.8. The van der Waals surface area contributed by atoms with Crippen LogP contribution in [0.1, 0.15) is 78.1 Å². The van der Waals surface area contributed by atoms with Crippen LogP contribution in [-0.4, -0.2) is 39.6 Å². The van der Waals surface area contributed by atoms with Gasteiger partial charge in [-0.05, 0) is 219 Å². The van der Waals surface area contributed by atoms with Crippen LogP contribution in [-0.2, 0) is 20.3 Å². The lowest BCUT2D eigenvalue weighted by molar-refractivity contribution is -0.133. The fraction of sp³-hybridized carbons (Fsp3) is 0.172. The van der Waals surface area contributed by atoms with Gasteiger partial charge < -0.3 is 28.7 Å². The van der Waals surface area contributed by atoms with Crippen molar-refractivity contribution >= 4 is 39.7 Å². The van der Waals surface area contributed by atoms with E-state index in [0.717, 1.165) is 133 Å². The summed E-state index contributed by atoms with van der Waals surface area (Å²) in [4.78, 5) is 4.42. The largest absolute Gasteiger partial charge is 0.493 e. The van der Waals surface area contributed by atoms with Gasteiger partial charge >= 0.3 is 0 Å². The van der Waals surface area contributed by atoms with Crippen LogP contribution >= 0.6 is 0 Å². The molecule has 2 unspecified atom stereocenters. The Kier molecular flexibility index (Phi) is 16.1. The van der Waals surface area contributed by atoms with E-state index in [2.05, 4.69) is 262 Å². The van der Waals surface area contributed by atoms with E-state index in [-0.39, 0.29) is 22.5 Å². The third-order valence-corrected chi connectivity index (χ3v) is 20.5. The first-order valence-corrected chi connectivity index (χ1v) is 33.0. The van der Waals surface area contributed by atoms with Gasteiger partial charge in [0.1, 0.15) is 23.1 Å². The van der Waals surface area contributed by atoms with E-state index < -0.39 is 10.8 Å². The SMILES string of the molecule is C=C/C=C\C1=C(C)c2ccc(N(c3ccc(F)cc3)c3ccc(-c4ccc(N(c5ccc(F)cc5)c5ccc6c(c5)C(c5ccccc5)(c5ccc(OCC7(CC)COC7)cc5)c5ccccc5-6)cc4)cc3)cc2C1(c1ccccc1)c1ccc(OCC2(CC)COC2)cc1. The number of allylic oxidation sites excluding steroid dienone is 5. The Hall–Kier alpha value is -10.4. The quantitative estimate of drug-likeness (QED) is 0.0668. The predicted molar refractivity (Wildman–Crippen MR) is 381 cm³/mol. The first-order valence-electron chi connectivity index (χ1n) is 33.0. The summed E-state index contributed by atoms with van der Waals surface area (Å²) >= 11 is 0. The molecule has 2 aliphatic heterocycles. The maximum atomic E-state index is 15.0. The minimum atomic E-state index is -0.732. The molecule has 470 valence electrons. The number of hydrogen-bond acceptors (Lipinski definition) is 6. The van der Waals surface area contributed by atoms with Gasteiger partial charge in [-0.25, -0.2) is 8.78 Å². The van der Waals surface area contributed by atoms with Crippen LogP contribution < -0.4 is 19.3 Å². The molecule has 8 heteroatoms. The maximum Gasteiger partial charge on any atom is 0.123 e. The zero-order valence-electron chi connectivity index (χ0n) is 53.8. The number of anilines is 6. The number of halogens is 2. The summed E-state index contributed by atoms with van der Waals surface area (Å²) in [6.07, 6.45) is 8.07. The van der Waals surface area contributed by atoms with E-state index in [1.165, 1.54) is 41.0 Å². The summed E-state index contributed by atoms with van der Waals surface area (Å²) in [5.74, 6) is 1.03. The van der Waals surface area contributed by atoms with Crippen molar-refractivity contribution in [2.75, 3.05) is 49.4 Å². The van der Waals surface area contributed by atoms with Crippen LogP contribution in [0.15, 0.2) is 297 Å². The van der Waals surface area contributed by atoms with Crippen molar-refractivity contribution in [3.63, 3.8) is 0 Å². The van der Waals surface area contributed by atoms with Crippen molar-refractivity contribution in [3.8, 4) is 33.8 Å². The lowest BCUT2D eigenvalue weighted by Gasteiger charge is -2.40. The Bertz CT molecular complexity index is 4650. The third kappa shape index (κ3) is 10.7. The maximum absolute atomic E-state index is 15.0. The molecule has 95 heavy (non-hydrogen) atoms. The average molecular weight is 1250 g/mol. The first kappa shape index (κ1) is 60.8. The standard InChI is InChI=1S/C87H74F2N2O4/c1-5-8-22-80-60(4)77-50-44-73(52-82(77)86(80,63-17-11-9-12-18-63)65-28-46-75(47-29-65)94-58-84(6-2)54-92-55-84)90(71-40-32-67(88)33-41-71)69-36-24-61(25-37-69)62-26-38-70(39-27-62)91(72-42-34-68(89)35-43-72)74-45-51-79-78-21-15-16-23-81(78)87(83(79)53-74,64-19-13-10-14-20-64)66-30-48-76(49-31-66)95-59-85(7-3)56-93-57-85/h5,8-53H,1,6-7,54-59H2,2-4H3/b22-8-. The topological polar surface area (TPSA) is 43.4 Å². The fourth-order valence-electron chi connectivity index (χ4n) is 15.0. The molecule has 2 heterocycles. The minimum absolute atomic E-state index is 0.0428. The van der Waals surface area contributed by atoms with Gasteiger partial charge in [0.25, 0.3) is 0 Å². The van der Waals surface area contributed by atoms with Crippen LogP contribution in [0.4, 0.5) is 42.9 Å². The highest BCUT2D eigenvalue weighted by Gasteiger charge is 2.48. The number of rotatable bonds is 21. The molecule has 2 aliphatic carbocycles. The molecule has 0 radical (unpaired) electrons. The van der Waals surface area contributed by atoms with E-state index in [1.54, 1.807) is 0 Å². The molecule has 0 amide bonds. The first-order chi connectivity index (χ1) is 46.6. The second-order valence-corrected chi connectivity index (χ2v) is 25.9. The summed E-state index contributed by atoms with van der Waals surface area (Å²) in [7, 11) is 0. The van der Waals surface area contributed by atoms with E-state index >= 15 is 0 Å². The monoisotopic (exact) mass is 1250 g/mol. The molecule has 15 rings (SSSR count). The van der Waals surface area contributed by atoms with Crippen LogP contribution in [0.25, 0.3) is 27.8 Å². The van der Waals surface area contributed by atoms with Gasteiger partial charge in [0, 0.05) is 34.1 Å². The molecule has 0 bridgehead atoms. The highest BCUT2D eigenvalue weighted by atomic mass is 19.1. The smallest absolute Gasteiger partial charge is 0.123 e. The van der Waals surface area contributed by atoms with Gasteiger partial charge in [-0.3, -0.25) is 0 Å². The number of fused-ring (bicyclic) bond motifs is 4. The molecule has 6 nitrogen and oxygen atoms in total. The summed E-state index contributed by atoms with van der Waals surface area (Å²) < 4.78 is 54.1. The Labute approximate surface area is 556 Å². The molecule has 0 N–H and O–H groups in total. The van der Waals surface area contributed by atoms with Crippen molar-refractivity contribution in [2.45, 2.75) is 44.4 Å². The van der Waals surface area contributed by atoms with Crippen molar-refractivity contribution in [1.82, 2.24) is 0 Å². The van der Waals surface area contributed by atoms with Crippen molar-refractivity contribution in [2.24, 2.45) is 10.8 Å². The summed E-state index contributed by atoms with van der Waals surface area (Å²) in [6.45, 7) is 14.8. The Morgan fingerprint density at radius 2 is 0.789 bits per heavy atom. The Balaban J connectivity index is 0.787. The highest BCUT2D eigenvalue weighted by molar-refractivity contribution is 5.92. The highest BCUT2D eigenvalue weighted by Crippen LogP contribution is 2.59. The van der Waals surface area contributed by atoms with E-state index in [9.17, 15) is 8.78 Å². The van der Waals surface area contributed by atoms with E-state index in [1.807, 2.05) is 36.4 Å². The van der Waals surface area contributed by atoms with Crippen molar-refractivity contribution < 1.29 is 27.7 Å². The van der Waals surface area contributed by atoms with Gasteiger partial charge in [0.05, 0.1) is 61.3 Å². The van der Waals surface area contributed by atoms with Gasteiger partial charge in [0.2, 0.25) is 0 Å². The number of ether oxygens (including phenoxy) is 4. The molecule has 2 saturated heterocycles. The molecule has 0 aromatic heterocycles. The zero-order chi connectivity index (χ0) is 64.7. The number of nitrogens with zero attached hydrogens (tertiary/aromatic N) is 2. The third-order valence-electron chi connectivity index (χ3n) is 20.5. The van der Waals surface area contributed by atoms with Gasteiger partial charge in [-0.15, -0.1) is 0 Å². The molecule has 4 aliphatic rings. The lowest BCUT2D eigenvalue weighted by Crippen LogP contribution is -2.46. The lowest BCUT2D eigenvalue weighted by atomic mass is 9.66. The van der Waals surface area contributed by atoms with E-state index in [0.29, 0.717) is 26.4 Å². The van der Waals surface area contributed by atoms with E-state index in [4.69, 9.17) is 18.9 Å². The van der Waals surface area contributed by atoms with Crippen molar-refractivity contribution in [1.29, 1.82) is 0 Å². The molecular formula is C87H74F2N2O4. The number of benzene rings is 11. The fourth-order valence-corrected chi connectivity index (χ4v) is 15.0. The summed E-state index contributed by atoms with van der Waals surface area (Å²) in [5.41, 5.74) is 19.8.